The maximum Gasteiger partial charge on any atom is 0.335 e. The molecule has 0 fully saturated rings. The van der Waals surface area contributed by atoms with Crippen LogP contribution in [0.2, 0.25) is 0 Å². The molecule has 0 radical (unpaired) electrons. The molecule has 4 N–H and O–H groups in total. The van der Waals surface area contributed by atoms with Gasteiger partial charge >= 0.3 is 5.97 Å². The van der Waals surface area contributed by atoms with E-state index < -0.39 is 12.0 Å². The third kappa shape index (κ3) is 2.27. The third-order valence-corrected chi connectivity index (χ3v) is 1.78. The van der Waals surface area contributed by atoms with Crippen molar-refractivity contribution >= 4 is 5.97 Å². The first kappa shape index (κ1) is 9.70. The molecule has 0 aromatic heterocycles. The molecule has 0 heterocycles. The van der Waals surface area contributed by atoms with Gasteiger partial charge < -0.3 is 15.9 Å². The fourth-order valence-corrected chi connectivity index (χ4v) is 0.978. The molecule has 0 spiro atoms. The molecule has 1 atom stereocenters. The molecular weight excluding hydrogens is 170 g/mol. The Morgan fingerprint density at radius 2 is 1.92 bits per heavy atom. The van der Waals surface area contributed by atoms with E-state index >= 15 is 0 Å². The van der Waals surface area contributed by atoms with Crippen LogP contribution in [-0.4, -0.2) is 22.8 Å². The van der Waals surface area contributed by atoms with Gasteiger partial charge in [0.15, 0.2) is 0 Å². The second kappa shape index (κ2) is 4.02. The van der Waals surface area contributed by atoms with Crippen LogP contribution in [0.1, 0.15) is 22.0 Å². The lowest BCUT2D eigenvalue weighted by atomic mass is 10.1. The summed E-state index contributed by atoms with van der Waals surface area (Å²) in [5.74, 6) is -0.968. The molecule has 0 saturated heterocycles. The number of aliphatic hydroxyl groups excluding tert-OH is 1. The zero-order chi connectivity index (χ0) is 9.84. The fourth-order valence-electron chi connectivity index (χ4n) is 0.978. The van der Waals surface area contributed by atoms with E-state index in [0.717, 1.165) is 5.56 Å². The first-order valence-electron chi connectivity index (χ1n) is 3.85. The number of carboxylic acids is 1. The molecule has 1 aromatic carbocycles. The average molecular weight is 181 g/mol. The van der Waals surface area contributed by atoms with Crippen molar-refractivity contribution in [2.45, 2.75) is 6.04 Å². The molecule has 70 valence electrons. The summed E-state index contributed by atoms with van der Waals surface area (Å²) < 4.78 is 0. The van der Waals surface area contributed by atoms with Crippen LogP contribution >= 0.6 is 0 Å². The molecule has 0 bridgehead atoms. The molecule has 1 aromatic rings. The van der Waals surface area contributed by atoms with Crippen LogP contribution in [0.3, 0.4) is 0 Å². The van der Waals surface area contributed by atoms with Crippen LogP contribution < -0.4 is 5.73 Å². The van der Waals surface area contributed by atoms with E-state index in [1.54, 1.807) is 12.1 Å². The third-order valence-electron chi connectivity index (χ3n) is 1.78. The number of aromatic carboxylic acids is 1. The average Bonchev–Trinajstić information content (AvgIpc) is 2.17. The van der Waals surface area contributed by atoms with Gasteiger partial charge in [-0.2, -0.15) is 0 Å². The Kier molecular flexibility index (Phi) is 3.00. The van der Waals surface area contributed by atoms with Crippen LogP contribution in [0, 0.1) is 0 Å². The maximum atomic E-state index is 10.5. The van der Waals surface area contributed by atoms with Crippen molar-refractivity contribution in [1.82, 2.24) is 0 Å². The Morgan fingerprint density at radius 3 is 2.31 bits per heavy atom. The Morgan fingerprint density at radius 1 is 1.38 bits per heavy atom. The molecule has 0 saturated carbocycles. The van der Waals surface area contributed by atoms with Crippen molar-refractivity contribution < 1.29 is 15.0 Å². The van der Waals surface area contributed by atoms with E-state index in [9.17, 15) is 4.79 Å². The minimum absolute atomic E-state index is 0.146. The molecule has 1 rings (SSSR count). The Hall–Kier alpha value is -1.39. The quantitative estimate of drug-likeness (QED) is 0.629. The van der Waals surface area contributed by atoms with Crippen molar-refractivity contribution in [2.24, 2.45) is 5.73 Å². The summed E-state index contributed by atoms with van der Waals surface area (Å²) in [6, 6.07) is 5.69. The minimum Gasteiger partial charge on any atom is -0.478 e. The molecule has 13 heavy (non-hydrogen) atoms. The highest BCUT2D eigenvalue weighted by atomic mass is 16.4. The van der Waals surface area contributed by atoms with E-state index in [4.69, 9.17) is 15.9 Å². The van der Waals surface area contributed by atoms with Crippen LogP contribution in [0.4, 0.5) is 0 Å². The second-order valence-electron chi connectivity index (χ2n) is 2.72. The van der Waals surface area contributed by atoms with E-state index in [0.29, 0.717) is 0 Å². The van der Waals surface area contributed by atoms with Gasteiger partial charge in [-0.15, -0.1) is 0 Å². The molecule has 0 aliphatic rings. The summed E-state index contributed by atoms with van der Waals surface area (Å²) in [5.41, 5.74) is 6.47. The smallest absolute Gasteiger partial charge is 0.335 e. The number of carboxylic acid groups (broad SMARTS) is 1. The highest BCUT2D eigenvalue weighted by molar-refractivity contribution is 5.87. The molecule has 4 nitrogen and oxygen atoms in total. The maximum absolute atomic E-state index is 10.5. The summed E-state index contributed by atoms with van der Waals surface area (Å²) in [7, 11) is 0. The molecule has 1 unspecified atom stereocenters. The van der Waals surface area contributed by atoms with Crippen LogP contribution in [-0.2, 0) is 0 Å². The Balaban J connectivity index is 2.87. The van der Waals surface area contributed by atoms with Gasteiger partial charge in [-0.05, 0) is 17.7 Å². The number of hydrogen-bond acceptors (Lipinski definition) is 3. The van der Waals surface area contributed by atoms with Crippen LogP contribution in [0.5, 0.6) is 0 Å². The molecule has 0 amide bonds. The number of aliphatic hydroxyl groups is 1. The normalized spacial score (nSPS) is 12.5. The van der Waals surface area contributed by atoms with Gasteiger partial charge in [0, 0.05) is 0 Å². The molecule has 0 aliphatic carbocycles. The van der Waals surface area contributed by atoms with Crippen molar-refractivity contribution in [1.29, 1.82) is 0 Å². The lowest BCUT2D eigenvalue weighted by Crippen LogP contribution is -2.14. The van der Waals surface area contributed by atoms with Crippen molar-refractivity contribution in [3.63, 3.8) is 0 Å². The first-order chi connectivity index (χ1) is 6.15. The van der Waals surface area contributed by atoms with Gasteiger partial charge in [-0.1, -0.05) is 12.1 Å². The van der Waals surface area contributed by atoms with Gasteiger partial charge in [0.05, 0.1) is 18.2 Å². The van der Waals surface area contributed by atoms with E-state index in [2.05, 4.69) is 0 Å². The van der Waals surface area contributed by atoms with Gasteiger partial charge in [0.1, 0.15) is 0 Å². The lowest BCUT2D eigenvalue weighted by molar-refractivity contribution is 0.0697. The largest absolute Gasteiger partial charge is 0.478 e. The Bertz CT molecular complexity index is 294. The van der Waals surface area contributed by atoms with Gasteiger partial charge in [0.25, 0.3) is 0 Å². The number of rotatable bonds is 3. The predicted molar refractivity (Wildman–Crippen MR) is 47.4 cm³/mol. The SMILES string of the molecule is NC(CO)c1ccc(C(=O)O)cc1. The number of benzene rings is 1. The van der Waals surface area contributed by atoms with E-state index in [-0.39, 0.29) is 12.2 Å². The number of carbonyl (C=O) groups is 1. The molecule has 0 aliphatic heterocycles. The van der Waals surface area contributed by atoms with Crippen LogP contribution in [0.15, 0.2) is 24.3 Å². The van der Waals surface area contributed by atoms with Crippen molar-refractivity contribution in [3.8, 4) is 0 Å². The van der Waals surface area contributed by atoms with Gasteiger partial charge in [0.2, 0.25) is 0 Å². The minimum atomic E-state index is -0.968. The summed E-state index contributed by atoms with van der Waals surface area (Å²) in [6.45, 7) is -0.146. The highest BCUT2D eigenvalue weighted by Crippen LogP contribution is 2.10. The standard InChI is InChI=1S/C9H11NO3/c10-8(5-11)6-1-3-7(4-2-6)9(12)13/h1-4,8,11H,5,10H2,(H,12,13). The zero-order valence-corrected chi connectivity index (χ0v) is 6.97. The van der Waals surface area contributed by atoms with E-state index in [1.807, 2.05) is 0 Å². The van der Waals surface area contributed by atoms with Gasteiger partial charge in [-0.25, -0.2) is 4.79 Å². The summed E-state index contributed by atoms with van der Waals surface area (Å²) >= 11 is 0. The number of nitrogens with two attached hydrogens (primary N) is 1. The lowest BCUT2D eigenvalue weighted by Gasteiger charge is -2.07. The molecule has 4 heteroatoms. The monoisotopic (exact) mass is 181 g/mol. The van der Waals surface area contributed by atoms with Gasteiger partial charge in [-0.3, -0.25) is 0 Å². The topological polar surface area (TPSA) is 83.5 Å². The summed E-state index contributed by atoms with van der Waals surface area (Å²) in [6.07, 6.45) is 0. The Labute approximate surface area is 75.6 Å². The van der Waals surface area contributed by atoms with Crippen LogP contribution in [0.25, 0.3) is 0 Å². The zero-order valence-electron chi connectivity index (χ0n) is 6.97. The van der Waals surface area contributed by atoms with E-state index in [1.165, 1.54) is 12.1 Å². The second-order valence-corrected chi connectivity index (χ2v) is 2.72. The van der Waals surface area contributed by atoms with Crippen molar-refractivity contribution in [3.05, 3.63) is 35.4 Å². The fraction of sp³-hybridized carbons (Fsp3) is 0.222. The number of hydrogen-bond donors (Lipinski definition) is 3. The molecular formula is C9H11NO3. The first-order valence-corrected chi connectivity index (χ1v) is 3.85. The summed E-state index contributed by atoms with van der Waals surface area (Å²) in [4.78, 5) is 10.5. The highest BCUT2D eigenvalue weighted by Gasteiger charge is 2.05. The summed E-state index contributed by atoms with van der Waals surface area (Å²) in [5, 5.41) is 17.3. The predicted octanol–water partition coefficient (Wildman–Crippen LogP) is 0.377. The van der Waals surface area contributed by atoms with Crippen molar-refractivity contribution in [2.75, 3.05) is 6.61 Å².